The van der Waals surface area contributed by atoms with Gasteiger partial charge in [-0.15, -0.1) is 0 Å². The molecule has 0 N–H and O–H groups in total. The van der Waals surface area contributed by atoms with Crippen LogP contribution in [-0.2, 0) is 19.0 Å². The fourth-order valence-electron chi connectivity index (χ4n) is 4.71. The second-order valence-electron chi connectivity index (χ2n) is 8.84. The Kier molecular flexibility index (Phi) is 7.14. The van der Waals surface area contributed by atoms with Crippen molar-refractivity contribution in [2.75, 3.05) is 6.61 Å². The molecule has 1 aliphatic heterocycles. The normalized spacial score (nSPS) is 27.5. The fourth-order valence-corrected chi connectivity index (χ4v) is 6.94. The number of hydrogen-bond donors (Lipinski definition) is 0. The lowest BCUT2D eigenvalue weighted by atomic mass is 9.75. The number of rotatable bonds is 10. The number of carbonyl (C=O) groups is 1. The van der Waals surface area contributed by atoms with E-state index in [1.807, 2.05) is 6.92 Å². The number of cyclic esters (lactones) is 1. The molecule has 1 saturated heterocycles. The van der Waals surface area contributed by atoms with Crippen LogP contribution >= 0.6 is 0 Å². The average molecular weight is 371 g/mol. The first-order valence-electron chi connectivity index (χ1n) is 10.3. The largest absolute Gasteiger partial charge is 0.465 e. The SMILES string of the molecule is CC[Si](CC)(CC)OOC(C)(CC1CCCC1)CC1(C)CCOC1=O. The Morgan fingerprint density at radius 1 is 1.20 bits per heavy atom. The van der Waals surface area contributed by atoms with Gasteiger partial charge in [0.1, 0.15) is 5.60 Å². The molecule has 0 amide bonds. The summed E-state index contributed by atoms with van der Waals surface area (Å²) >= 11 is 0. The summed E-state index contributed by atoms with van der Waals surface area (Å²) in [6.07, 6.45) is 7.65. The van der Waals surface area contributed by atoms with Gasteiger partial charge in [0.15, 0.2) is 0 Å². The highest BCUT2D eigenvalue weighted by Gasteiger charge is 2.48. The van der Waals surface area contributed by atoms with E-state index in [0.29, 0.717) is 18.9 Å². The molecule has 0 radical (unpaired) electrons. The Labute approximate surface area is 155 Å². The van der Waals surface area contributed by atoms with E-state index in [-0.39, 0.29) is 5.97 Å². The predicted molar refractivity (Wildman–Crippen MR) is 103 cm³/mol. The Bertz CT molecular complexity index is 437. The van der Waals surface area contributed by atoms with Gasteiger partial charge in [-0.1, -0.05) is 46.5 Å². The van der Waals surface area contributed by atoms with Crippen LogP contribution in [0.15, 0.2) is 0 Å². The van der Waals surface area contributed by atoms with Crippen molar-refractivity contribution in [3.8, 4) is 0 Å². The van der Waals surface area contributed by atoms with Gasteiger partial charge in [0.25, 0.3) is 0 Å². The van der Waals surface area contributed by atoms with Gasteiger partial charge in [0.2, 0.25) is 8.32 Å². The monoisotopic (exact) mass is 370 g/mol. The molecule has 2 atom stereocenters. The maximum absolute atomic E-state index is 12.3. The Balaban J connectivity index is 2.11. The number of ether oxygens (including phenoxy) is 1. The Morgan fingerprint density at radius 2 is 1.80 bits per heavy atom. The Hall–Kier alpha value is -0.393. The molecule has 2 unspecified atom stereocenters. The van der Waals surface area contributed by atoms with E-state index >= 15 is 0 Å². The van der Waals surface area contributed by atoms with Crippen molar-refractivity contribution in [1.82, 2.24) is 0 Å². The highest BCUT2D eigenvalue weighted by molar-refractivity contribution is 6.73. The minimum absolute atomic E-state index is 0.0706. The molecule has 1 saturated carbocycles. The van der Waals surface area contributed by atoms with Crippen molar-refractivity contribution in [2.24, 2.45) is 11.3 Å². The molecule has 25 heavy (non-hydrogen) atoms. The van der Waals surface area contributed by atoms with Crippen molar-refractivity contribution in [1.29, 1.82) is 0 Å². The van der Waals surface area contributed by atoms with Crippen LogP contribution < -0.4 is 0 Å². The molecule has 0 aromatic carbocycles. The summed E-state index contributed by atoms with van der Waals surface area (Å²) in [5.41, 5.74) is -0.851. The molecule has 5 heteroatoms. The number of carbonyl (C=O) groups excluding carboxylic acids is 1. The Morgan fingerprint density at radius 3 is 2.28 bits per heavy atom. The summed E-state index contributed by atoms with van der Waals surface area (Å²) in [7, 11) is -1.82. The molecular weight excluding hydrogens is 332 g/mol. The minimum atomic E-state index is -1.82. The summed E-state index contributed by atoms with van der Waals surface area (Å²) in [4.78, 5) is 18.5. The van der Waals surface area contributed by atoms with Crippen LogP contribution in [0.5, 0.6) is 0 Å². The van der Waals surface area contributed by atoms with Crippen LogP contribution in [0.4, 0.5) is 0 Å². The van der Waals surface area contributed by atoms with Crippen molar-refractivity contribution in [2.45, 2.75) is 103 Å². The first kappa shape index (κ1) is 20.9. The molecule has 146 valence electrons. The maximum atomic E-state index is 12.3. The van der Waals surface area contributed by atoms with Gasteiger partial charge >= 0.3 is 5.97 Å². The van der Waals surface area contributed by atoms with E-state index in [2.05, 4.69) is 27.7 Å². The van der Waals surface area contributed by atoms with Gasteiger partial charge in [-0.05, 0) is 57.2 Å². The third-order valence-corrected chi connectivity index (χ3v) is 11.0. The highest BCUT2D eigenvalue weighted by atomic mass is 28.4. The highest BCUT2D eigenvalue weighted by Crippen LogP contribution is 2.44. The maximum Gasteiger partial charge on any atom is 0.312 e. The van der Waals surface area contributed by atoms with Gasteiger partial charge < -0.3 is 4.74 Å². The topological polar surface area (TPSA) is 44.8 Å². The first-order chi connectivity index (χ1) is 11.8. The smallest absolute Gasteiger partial charge is 0.312 e. The third-order valence-electron chi connectivity index (χ3n) is 6.69. The van der Waals surface area contributed by atoms with E-state index < -0.39 is 19.3 Å². The van der Waals surface area contributed by atoms with E-state index in [0.717, 1.165) is 31.0 Å². The molecule has 2 fully saturated rings. The third kappa shape index (κ3) is 5.07. The lowest BCUT2D eigenvalue weighted by molar-refractivity contribution is -0.309. The molecule has 0 aromatic heterocycles. The number of esters is 1. The molecule has 1 heterocycles. The second-order valence-corrected chi connectivity index (χ2v) is 13.5. The molecule has 4 nitrogen and oxygen atoms in total. The van der Waals surface area contributed by atoms with Crippen molar-refractivity contribution >= 4 is 14.3 Å². The van der Waals surface area contributed by atoms with Crippen LogP contribution in [0.3, 0.4) is 0 Å². The summed E-state index contributed by atoms with van der Waals surface area (Å²) < 4.78 is 11.5. The van der Waals surface area contributed by atoms with Crippen molar-refractivity contribution in [3.63, 3.8) is 0 Å². The molecular formula is C20H38O4Si. The molecule has 0 aromatic rings. The van der Waals surface area contributed by atoms with Crippen LogP contribution in [0.2, 0.25) is 18.1 Å². The number of hydrogen-bond acceptors (Lipinski definition) is 4. The molecule has 0 spiro atoms. The molecule has 1 aliphatic carbocycles. The summed E-state index contributed by atoms with van der Waals surface area (Å²) in [6, 6.07) is 3.20. The lowest BCUT2D eigenvalue weighted by Crippen LogP contribution is -2.44. The lowest BCUT2D eigenvalue weighted by Gasteiger charge is -2.39. The average Bonchev–Trinajstić information content (AvgIpc) is 3.20. The van der Waals surface area contributed by atoms with E-state index in [1.165, 1.54) is 25.7 Å². The minimum Gasteiger partial charge on any atom is -0.465 e. The molecule has 0 bridgehead atoms. The van der Waals surface area contributed by atoms with Crippen molar-refractivity contribution < 1.29 is 19.0 Å². The first-order valence-corrected chi connectivity index (χ1v) is 12.9. The van der Waals surface area contributed by atoms with Crippen LogP contribution in [0, 0.1) is 11.3 Å². The van der Waals surface area contributed by atoms with Crippen LogP contribution in [-0.4, -0.2) is 26.5 Å². The summed E-state index contributed by atoms with van der Waals surface area (Å²) in [6.45, 7) is 11.4. The zero-order chi connectivity index (χ0) is 18.6. The van der Waals surface area contributed by atoms with Gasteiger partial charge in [-0.2, -0.15) is 0 Å². The molecule has 2 aliphatic rings. The zero-order valence-corrected chi connectivity index (χ0v) is 18.0. The van der Waals surface area contributed by atoms with E-state index in [1.54, 1.807) is 0 Å². The van der Waals surface area contributed by atoms with Crippen LogP contribution in [0.1, 0.15) is 79.6 Å². The van der Waals surface area contributed by atoms with Gasteiger partial charge in [0.05, 0.1) is 12.0 Å². The summed E-state index contributed by atoms with van der Waals surface area (Å²) in [5.74, 6) is 0.620. The van der Waals surface area contributed by atoms with Gasteiger partial charge in [-0.25, -0.2) is 4.89 Å². The van der Waals surface area contributed by atoms with Gasteiger partial charge in [-0.3, -0.25) is 9.37 Å². The predicted octanol–water partition coefficient (Wildman–Crippen LogP) is 5.62. The second kappa shape index (κ2) is 8.53. The summed E-state index contributed by atoms with van der Waals surface area (Å²) in [5, 5.41) is 0. The van der Waals surface area contributed by atoms with Crippen LogP contribution in [0.25, 0.3) is 0 Å². The van der Waals surface area contributed by atoms with E-state index in [4.69, 9.17) is 14.2 Å². The zero-order valence-electron chi connectivity index (χ0n) is 17.0. The molecule has 2 rings (SSSR count). The van der Waals surface area contributed by atoms with E-state index in [9.17, 15) is 4.79 Å². The standard InChI is InChI=1S/C20H38O4Si/c1-6-25(7-2,8-3)24-23-20(5,15-17-11-9-10-12-17)16-19(4)13-14-22-18(19)21/h17H,6-16H2,1-5H3. The van der Waals surface area contributed by atoms with Gasteiger partial charge in [0, 0.05) is 0 Å². The fraction of sp³-hybridized carbons (Fsp3) is 0.950. The quantitative estimate of drug-likeness (QED) is 0.217. The van der Waals surface area contributed by atoms with Crippen molar-refractivity contribution in [3.05, 3.63) is 0 Å².